The topological polar surface area (TPSA) is 84.1 Å². The third kappa shape index (κ3) is 4.44. The Labute approximate surface area is 225 Å². The highest BCUT2D eigenvalue weighted by atomic mass is 16.5. The predicted molar refractivity (Wildman–Crippen MR) is 147 cm³/mol. The van der Waals surface area contributed by atoms with Crippen LogP contribution in [0.15, 0.2) is 115 Å². The van der Waals surface area contributed by atoms with E-state index < -0.39 is 17.7 Å². The first-order chi connectivity index (χ1) is 19.0. The number of aryl methyl sites for hydroxylation is 1. The van der Waals surface area contributed by atoms with Gasteiger partial charge in [0.1, 0.15) is 22.8 Å². The van der Waals surface area contributed by atoms with Gasteiger partial charge in [0, 0.05) is 12.7 Å². The van der Waals surface area contributed by atoms with Gasteiger partial charge in [-0.05, 0) is 54.4 Å². The van der Waals surface area contributed by atoms with Gasteiger partial charge in [0.25, 0.3) is 11.7 Å². The minimum atomic E-state index is -0.835. The van der Waals surface area contributed by atoms with E-state index >= 15 is 0 Å². The number of nitrogens with zero attached hydrogens (tertiary/aromatic N) is 3. The molecule has 7 heteroatoms. The van der Waals surface area contributed by atoms with Crippen molar-refractivity contribution < 1.29 is 19.4 Å². The summed E-state index contributed by atoms with van der Waals surface area (Å²) in [6.07, 6.45) is 1.77. The Hall–Kier alpha value is -5.17. The Morgan fingerprint density at radius 2 is 1.56 bits per heavy atom. The lowest BCUT2D eigenvalue weighted by atomic mass is 9.96. The second-order valence-electron chi connectivity index (χ2n) is 9.37. The van der Waals surface area contributed by atoms with E-state index in [2.05, 4.69) is 4.98 Å². The number of fused-ring (bicyclic) bond motifs is 1. The van der Waals surface area contributed by atoms with E-state index in [4.69, 9.17) is 4.74 Å². The number of ketones is 1. The molecule has 1 fully saturated rings. The van der Waals surface area contributed by atoms with Gasteiger partial charge < -0.3 is 14.7 Å². The summed E-state index contributed by atoms with van der Waals surface area (Å²) in [5.74, 6) is -0.469. The second kappa shape index (κ2) is 9.95. The molecule has 3 aromatic carbocycles. The zero-order valence-electron chi connectivity index (χ0n) is 21.2. The number of aliphatic hydroxyl groups is 1. The minimum absolute atomic E-state index is 0.0153. The number of rotatable bonds is 6. The quantitative estimate of drug-likeness (QED) is 0.169. The first-order valence-electron chi connectivity index (χ1n) is 12.6. The fourth-order valence-corrected chi connectivity index (χ4v) is 5.07. The number of pyridine rings is 1. The van der Waals surface area contributed by atoms with Crippen LogP contribution in [0.25, 0.3) is 11.4 Å². The summed E-state index contributed by atoms with van der Waals surface area (Å²) in [5.41, 5.74) is 3.09. The third-order valence-corrected chi connectivity index (χ3v) is 6.82. The highest BCUT2D eigenvalue weighted by Crippen LogP contribution is 2.42. The number of aliphatic hydroxyl groups excluding tert-OH is 1. The van der Waals surface area contributed by atoms with E-state index in [0.717, 1.165) is 5.56 Å². The van der Waals surface area contributed by atoms with Crippen LogP contribution in [-0.4, -0.2) is 31.1 Å². The van der Waals surface area contributed by atoms with E-state index in [1.807, 2.05) is 97.1 Å². The van der Waals surface area contributed by atoms with E-state index in [1.54, 1.807) is 23.6 Å². The standard InChI is InChI=1S/C32H25N3O4/c1-21-28(34-18-9-8-17-26(34)33-21)30(36)27-29(35(32(38)31(27)37)20-22-11-4-2-5-12-22)23-13-10-16-25(19-23)39-24-14-6-3-7-15-24/h2-19,29,36H,20H2,1H3/b30-27+. The first-order valence-corrected chi connectivity index (χ1v) is 12.6. The number of carbonyl (C=O) groups is 2. The molecule has 0 radical (unpaired) electrons. The molecule has 1 unspecified atom stereocenters. The van der Waals surface area contributed by atoms with Crippen LogP contribution in [0.5, 0.6) is 11.5 Å². The van der Waals surface area contributed by atoms with Gasteiger partial charge >= 0.3 is 0 Å². The molecule has 3 heterocycles. The number of aromatic nitrogens is 2. The number of imidazole rings is 1. The molecule has 39 heavy (non-hydrogen) atoms. The van der Waals surface area contributed by atoms with Crippen LogP contribution in [0.2, 0.25) is 0 Å². The molecular weight excluding hydrogens is 490 g/mol. The maximum absolute atomic E-state index is 13.6. The van der Waals surface area contributed by atoms with Crippen LogP contribution < -0.4 is 4.74 Å². The Balaban J connectivity index is 1.51. The lowest BCUT2D eigenvalue weighted by Crippen LogP contribution is -2.29. The number of para-hydroxylation sites is 1. The average molecular weight is 516 g/mol. The van der Waals surface area contributed by atoms with Crippen molar-refractivity contribution in [1.29, 1.82) is 0 Å². The second-order valence-corrected chi connectivity index (χ2v) is 9.37. The monoisotopic (exact) mass is 515 g/mol. The van der Waals surface area contributed by atoms with E-state index in [0.29, 0.717) is 34.1 Å². The highest BCUT2D eigenvalue weighted by molar-refractivity contribution is 6.46. The van der Waals surface area contributed by atoms with Crippen LogP contribution in [0.1, 0.15) is 28.6 Å². The Kier molecular flexibility index (Phi) is 6.17. The Bertz CT molecular complexity index is 1720. The number of benzene rings is 3. The van der Waals surface area contributed by atoms with Crippen molar-refractivity contribution >= 4 is 23.1 Å². The number of ether oxygens (including phenoxy) is 1. The Morgan fingerprint density at radius 3 is 2.33 bits per heavy atom. The number of Topliss-reactive ketones (excluding diaryl/α,β-unsaturated/α-hetero) is 1. The van der Waals surface area contributed by atoms with Gasteiger partial charge in [-0.2, -0.15) is 0 Å². The van der Waals surface area contributed by atoms with Gasteiger partial charge in [0.15, 0.2) is 5.76 Å². The van der Waals surface area contributed by atoms with E-state index in [-0.39, 0.29) is 17.9 Å². The number of likely N-dealkylation sites (tertiary alicyclic amines) is 1. The summed E-state index contributed by atoms with van der Waals surface area (Å²) < 4.78 is 7.77. The van der Waals surface area contributed by atoms with Gasteiger partial charge in [-0.1, -0.05) is 66.7 Å². The molecule has 2 aromatic heterocycles. The van der Waals surface area contributed by atoms with Gasteiger partial charge in [-0.15, -0.1) is 0 Å². The van der Waals surface area contributed by atoms with Crippen molar-refractivity contribution in [2.75, 3.05) is 0 Å². The van der Waals surface area contributed by atoms with Crippen LogP contribution in [0, 0.1) is 6.92 Å². The molecule has 0 spiro atoms. The van der Waals surface area contributed by atoms with Gasteiger partial charge in [0.2, 0.25) is 0 Å². The number of amides is 1. The summed E-state index contributed by atoms with van der Waals surface area (Å²) in [4.78, 5) is 33.1. The van der Waals surface area contributed by atoms with E-state index in [9.17, 15) is 14.7 Å². The zero-order valence-corrected chi connectivity index (χ0v) is 21.2. The fourth-order valence-electron chi connectivity index (χ4n) is 5.07. The molecular formula is C32H25N3O4. The molecule has 0 saturated carbocycles. The zero-order chi connectivity index (χ0) is 26.9. The summed E-state index contributed by atoms with van der Waals surface area (Å²) in [7, 11) is 0. The van der Waals surface area contributed by atoms with Crippen molar-refractivity contribution in [2.45, 2.75) is 19.5 Å². The summed E-state index contributed by atoms with van der Waals surface area (Å²) in [6.45, 7) is 1.97. The van der Waals surface area contributed by atoms with Crippen molar-refractivity contribution in [3.05, 3.63) is 137 Å². The largest absolute Gasteiger partial charge is 0.505 e. The molecule has 5 aromatic rings. The molecule has 1 amide bonds. The van der Waals surface area contributed by atoms with Crippen LogP contribution in [0.4, 0.5) is 0 Å². The van der Waals surface area contributed by atoms with Crippen LogP contribution in [-0.2, 0) is 16.1 Å². The summed E-state index contributed by atoms with van der Waals surface area (Å²) in [6, 6.07) is 30.8. The number of hydrogen-bond donors (Lipinski definition) is 1. The average Bonchev–Trinajstić information content (AvgIpc) is 3.42. The van der Waals surface area contributed by atoms with E-state index in [1.165, 1.54) is 4.90 Å². The summed E-state index contributed by atoms with van der Waals surface area (Å²) in [5, 5.41) is 11.7. The van der Waals surface area contributed by atoms with Crippen molar-refractivity contribution in [2.24, 2.45) is 0 Å². The molecule has 1 saturated heterocycles. The lowest BCUT2D eigenvalue weighted by molar-refractivity contribution is -0.140. The Morgan fingerprint density at radius 1 is 0.872 bits per heavy atom. The maximum Gasteiger partial charge on any atom is 0.295 e. The molecule has 1 N–H and O–H groups in total. The molecule has 1 aliphatic heterocycles. The fraction of sp³-hybridized carbons (Fsp3) is 0.0938. The van der Waals surface area contributed by atoms with Crippen LogP contribution in [0.3, 0.4) is 0 Å². The van der Waals surface area contributed by atoms with Gasteiger partial charge in [-0.3, -0.25) is 14.0 Å². The molecule has 192 valence electrons. The molecule has 6 rings (SSSR count). The van der Waals surface area contributed by atoms with Crippen LogP contribution >= 0.6 is 0 Å². The van der Waals surface area contributed by atoms with Crippen molar-refractivity contribution in [3.63, 3.8) is 0 Å². The third-order valence-electron chi connectivity index (χ3n) is 6.82. The normalized spacial score (nSPS) is 16.6. The SMILES string of the molecule is Cc1nc2ccccn2c1/C(O)=C1\C(=O)C(=O)N(Cc2ccccc2)C1c1cccc(Oc2ccccc2)c1. The molecule has 7 nitrogen and oxygen atoms in total. The maximum atomic E-state index is 13.6. The smallest absolute Gasteiger partial charge is 0.295 e. The number of hydrogen-bond acceptors (Lipinski definition) is 5. The van der Waals surface area contributed by atoms with Crippen molar-refractivity contribution in [3.8, 4) is 11.5 Å². The predicted octanol–water partition coefficient (Wildman–Crippen LogP) is 6.06. The van der Waals surface area contributed by atoms with Crippen molar-refractivity contribution in [1.82, 2.24) is 14.3 Å². The molecule has 0 aliphatic carbocycles. The highest BCUT2D eigenvalue weighted by Gasteiger charge is 2.46. The molecule has 1 atom stereocenters. The van der Waals surface area contributed by atoms with Gasteiger partial charge in [-0.25, -0.2) is 4.98 Å². The van der Waals surface area contributed by atoms with Gasteiger partial charge in [0.05, 0.1) is 17.3 Å². The lowest BCUT2D eigenvalue weighted by Gasteiger charge is -2.26. The minimum Gasteiger partial charge on any atom is -0.505 e. The summed E-state index contributed by atoms with van der Waals surface area (Å²) >= 11 is 0. The molecule has 1 aliphatic rings. The number of carbonyl (C=O) groups excluding carboxylic acids is 2. The first kappa shape index (κ1) is 24.2. The molecule has 0 bridgehead atoms.